The van der Waals surface area contributed by atoms with E-state index in [9.17, 15) is 4.79 Å². The summed E-state index contributed by atoms with van der Waals surface area (Å²) in [6.45, 7) is 4.11. The molecule has 0 unspecified atom stereocenters. The molecule has 4 aliphatic rings. The predicted octanol–water partition coefficient (Wildman–Crippen LogP) is 2.90. The normalized spacial score (nSPS) is 37.8. The number of nitriles is 1. The second kappa shape index (κ2) is 4.95. The van der Waals surface area contributed by atoms with Crippen LogP contribution in [-0.2, 0) is 0 Å². The van der Waals surface area contributed by atoms with Gasteiger partial charge in [0.15, 0.2) is 0 Å². The Morgan fingerprint density at radius 2 is 1.75 bits per heavy atom. The van der Waals surface area contributed by atoms with E-state index in [1.807, 2.05) is 13.8 Å². The Kier molecular flexibility index (Phi) is 3.40. The van der Waals surface area contributed by atoms with Gasteiger partial charge in [0.1, 0.15) is 6.54 Å². The molecule has 0 saturated heterocycles. The van der Waals surface area contributed by atoms with Crippen LogP contribution >= 0.6 is 0 Å². The van der Waals surface area contributed by atoms with Crippen LogP contribution < -0.4 is 5.32 Å². The van der Waals surface area contributed by atoms with Gasteiger partial charge in [0.25, 0.3) is 0 Å². The molecule has 20 heavy (non-hydrogen) atoms. The lowest BCUT2D eigenvalue weighted by Crippen LogP contribution is -2.62. The molecule has 0 radical (unpaired) electrons. The van der Waals surface area contributed by atoms with Crippen LogP contribution in [-0.4, -0.2) is 29.1 Å². The fourth-order valence-electron chi connectivity index (χ4n) is 5.13. The fraction of sp³-hybridized carbons (Fsp3) is 0.875. The number of carbonyl (C=O) groups is 1. The minimum Gasteiger partial charge on any atom is -0.332 e. The summed E-state index contributed by atoms with van der Waals surface area (Å²) >= 11 is 0. The quantitative estimate of drug-likeness (QED) is 0.805. The molecule has 2 amide bonds. The summed E-state index contributed by atoms with van der Waals surface area (Å²) < 4.78 is 0. The maximum atomic E-state index is 12.5. The summed E-state index contributed by atoms with van der Waals surface area (Å²) in [5.41, 5.74) is 0.0361. The first kappa shape index (κ1) is 13.7. The second-order valence-electron chi connectivity index (χ2n) is 7.51. The third-order valence-electron chi connectivity index (χ3n) is 5.54. The van der Waals surface area contributed by atoms with E-state index in [-0.39, 0.29) is 24.2 Å². The molecule has 0 heterocycles. The number of rotatable bonds is 3. The topological polar surface area (TPSA) is 56.1 Å². The van der Waals surface area contributed by atoms with Crippen LogP contribution in [0.15, 0.2) is 0 Å². The Morgan fingerprint density at radius 3 is 2.15 bits per heavy atom. The van der Waals surface area contributed by atoms with Crippen molar-refractivity contribution in [2.24, 2.45) is 17.8 Å². The zero-order chi connectivity index (χ0) is 14.3. The van der Waals surface area contributed by atoms with Gasteiger partial charge in [-0.2, -0.15) is 5.26 Å². The van der Waals surface area contributed by atoms with Crippen molar-refractivity contribution in [3.05, 3.63) is 0 Å². The highest BCUT2D eigenvalue weighted by Gasteiger charge is 2.51. The van der Waals surface area contributed by atoms with Gasteiger partial charge in [0.05, 0.1) is 6.07 Å². The van der Waals surface area contributed by atoms with Crippen molar-refractivity contribution in [1.29, 1.82) is 5.26 Å². The third kappa shape index (κ3) is 2.39. The van der Waals surface area contributed by atoms with Gasteiger partial charge < -0.3 is 10.2 Å². The van der Waals surface area contributed by atoms with Gasteiger partial charge in [-0.15, -0.1) is 0 Å². The number of nitrogens with zero attached hydrogens (tertiary/aromatic N) is 2. The number of nitrogens with one attached hydrogen (secondary N) is 1. The van der Waals surface area contributed by atoms with Crippen LogP contribution in [0.25, 0.3) is 0 Å². The fourth-order valence-corrected chi connectivity index (χ4v) is 5.13. The summed E-state index contributed by atoms with van der Waals surface area (Å²) in [6, 6.07) is 2.14. The lowest BCUT2D eigenvalue weighted by Gasteiger charge is -2.57. The van der Waals surface area contributed by atoms with Crippen molar-refractivity contribution >= 4 is 6.03 Å². The first-order valence-electron chi connectivity index (χ1n) is 7.97. The molecule has 0 atom stereocenters. The summed E-state index contributed by atoms with van der Waals surface area (Å²) in [5, 5.41) is 12.2. The molecule has 1 N–H and O–H groups in total. The highest BCUT2D eigenvalue weighted by molar-refractivity contribution is 5.75. The van der Waals surface area contributed by atoms with Gasteiger partial charge in [-0.05, 0) is 70.1 Å². The van der Waals surface area contributed by atoms with Crippen molar-refractivity contribution < 1.29 is 4.79 Å². The summed E-state index contributed by atoms with van der Waals surface area (Å²) in [4.78, 5) is 14.2. The number of amides is 2. The third-order valence-corrected chi connectivity index (χ3v) is 5.54. The molecule has 0 spiro atoms. The SMILES string of the molecule is CC(C)N(CC#N)C(=O)NC12CC3CC(CC(C3)C1)C2. The van der Waals surface area contributed by atoms with Crippen LogP contribution in [0.5, 0.6) is 0 Å². The standard InChI is InChI=1S/C16H25N3O/c1-11(2)19(4-3-17)15(20)18-16-8-12-5-13(9-16)7-14(6-12)10-16/h11-14H,4-10H2,1-2H3,(H,18,20). The Balaban J connectivity index is 1.71. The molecule has 0 aromatic rings. The molecule has 4 aliphatic carbocycles. The van der Waals surface area contributed by atoms with E-state index in [1.165, 1.54) is 19.3 Å². The van der Waals surface area contributed by atoms with E-state index < -0.39 is 0 Å². The van der Waals surface area contributed by atoms with Crippen molar-refractivity contribution in [3.63, 3.8) is 0 Å². The molecule has 0 aromatic heterocycles. The monoisotopic (exact) mass is 275 g/mol. The lowest BCUT2D eigenvalue weighted by molar-refractivity contribution is -0.0159. The van der Waals surface area contributed by atoms with Crippen LogP contribution in [0.4, 0.5) is 4.79 Å². The number of carbonyl (C=O) groups excluding carboxylic acids is 1. The Hall–Kier alpha value is -1.24. The largest absolute Gasteiger partial charge is 0.332 e. The van der Waals surface area contributed by atoms with E-state index in [1.54, 1.807) is 4.90 Å². The van der Waals surface area contributed by atoms with Crippen molar-refractivity contribution in [2.45, 2.75) is 64.0 Å². The molecule has 4 fully saturated rings. The molecule has 0 aromatic carbocycles. The van der Waals surface area contributed by atoms with Crippen LogP contribution in [0.1, 0.15) is 52.4 Å². The van der Waals surface area contributed by atoms with Crippen molar-refractivity contribution in [2.75, 3.05) is 6.54 Å². The van der Waals surface area contributed by atoms with E-state index in [2.05, 4.69) is 11.4 Å². The van der Waals surface area contributed by atoms with E-state index in [0.29, 0.717) is 0 Å². The summed E-state index contributed by atoms with van der Waals surface area (Å²) in [6.07, 6.45) is 7.60. The van der Waals surface area contributed by atoms with Gasteiger partial charge in [0.2, 0.25) is 0 Å². The number of urea groups is 1. The van der Waals surface area contributed by atoms with E-state index in [0.717, 1.165) is 37.0 Å². The molecular weight excluding hydrogens is 250 g/mol. The molecular formula is C16H25N3O. The van der Waals surface area contributed by atoms with Gasteiger partial charge in [0, 0.05) is 11.6 Å². The second-order valence-corrected chi connectivity index (χ2v) is 7.51. The van der Waals surface area contributed by atoms with Gasteiger partial charge in [-0.3, -0.25) is 0 Å². The average Bonchev–Trinajstić information content (AvgIpc) is 2.32. The smallest absolute Gasteiger partial charge is 0.318 e. The van der Waals surface area contributed by atoms with E-state index in [4.69, 9.17) is 5.26 Å². The van der Waals surface area contributed by atoms with Crippen molar-refractivity contribution in [3.8, 4) is 6.07 Å². The summed E-state index contributed by atoms with van der Waals surface area (Å²) in [5.74, 6) is 2.47. The molecule has 4 nitrogen and oxygen atoms in total. The van der Waals surface area contributed by atoms with Gasteiger partial charge in [-0.25, -0.2) is 4.79 Å². The van der Waals surface area contributed by atoms with Crippen LogP contribution in [0, 0.1) is 29.1 Å². The van der Waals surface area contributed by atoms with Gasteiger partial charge >= 0.3 is 6.03 Å². The first-order chi connectivity index (χ1) is 9.51. The molecule has 4 saturated carbocycles. The highest BCUT2D eigenvalue weighted by Crippen LogP contribution is 2.55. The molecule has 0 aliphatic heterocycles. The van der Waals surface area contributed by atoms with Gasteiger partial charge in [-0.1, -0.05) is 0 Å². The Morgan fingerprint density at radius 1 is 1.25 bits per heavy atom. The lowest BCUT2D eigenvalue weighted by atomic mass is 9.53. The van der Waals surface area contributed by atoms with Crippen molar-refractivity contribution in [1.82, 2.24) is 10.2 Å². The number of hydrogen-bond donors (Lipinski definition) is 1. The minimum atomic E-state index is -0.0384. The Bertz CT molecular complexity index is 402. The highest BCUT2D eigenvalue weighted by atomic mass is 16.2. The zero-order valence-electron chi connectivity index (χ0n) is 12.6. The van der Waals surface area contributed by atoms with Crippen LogP contribution in [0.2, 0.25) is 0 Å². The average molecular weight is 275 g/mol. The molecule has 110 valence electrons. The van der Waals surface area contributed by atoms with E-state index >= 15 is 0 Å². The molecule has 4 bridgehead atoms. The molecule has 4 heteroatoms. The maximum Gasteiger partial charge on any atom is 0.318 e. The maximum absolute atomic E-state index is 12.5. The summed E-state index contributed by atoms with van der Waals surface area (Å²) in [7, 11) is 0. The minimum absolute atomic E-state index is 0.0361. The molecule has 4 rings (SSSR count). The predicted molar refractivity (Wildman–Crippen MR) is 76.9 cm³/mol. The zero-order valence-corrected chi connectivity index (χ0v) is 12.6. The Labute approximate surface area is 121 Å². The number of hydrogen-bond acceptors (Lipinski definition) is 2. The first-order valence-corrected chi connectivity index (χ1v) is 7.97. The van der Waals surface area contributed by atoms with Crippen LogP contribution in [0.3, 0.4) is 0 Å².